The molecule has 1 rings (SSSR count). The lowest BCUT2D eigenvalue weighted by atomic mass is 10.1. The highest BCUT2D eigenvalue weighted by molar-refractivity contribution is 5.29. The summed E-state index contributed by atoms with van der Waals surface area (Å²) in [6.07, 6.45) is 0. The molecule has 5 nitrogen and oxygen atoms in total. The SMILES string of the molecule is CC(NC(CO)CO)c1ccc(OCC#N)cc1. The molecule has 1 aromatic rings. The maximum atomic E-state index is 8.99. The molecular weight excluding hydrogens is 232 g/mol. The summed E-state index contributed by atoms with van der Waals surface area (Å²) in [5.74, 6) is 0.647. The second-order valence-electron chi connectivity index (χ2n) is 3.97. The molecule has 0 saturated carbocycles. The van der Waals surface area contributed by atoms with Crippen molar-refractivity contribution in [3.63, 3.8) is 0 Å². The Bertz CT molecular complexity index is 382. The van der Waals surface area contributed by atoms with Gasteiger partial charge in [-0.1, -0.05) is 12.1 Å². The van der Waals surface area contributed by atoms with Gasteiger partial charge in [-0.05, 0) is 24.6 Å². The lowest BCUT2D eigenvalue weighted by Gasteiger charge is -2.20. The Morgan fingerprint density at radius 3 is 2.39 bits per heavy atom. The molecule has 3 N–H and O–H groups in total. The fraction of sp³-hybridized carbons (Fsp3) is 0.462. The molecule has 0 aliphatic rings. The fourth-order valence-corrected chi connectivity index (χ4v) is 1.58. The monoisotopic (exact) mass is 250 g/mol. The Kier molecular flexibility index (Phi) is 6.15. The molecule has 0 aliphatic heterocycles. The molecule has 1 aromatic carbocycles. The summed E-state index contributed by atoms with van der Waals surface area (Å²) < 4.78 is 5.15. The first-order chi connectivity index (χ1) is 8.71. The maximum absolute atomic E-state index is 8.99. The standard InChI is InChI=1S/C13H18N2O3/c1-10(15-12(8-16)9-17)11-2-4-13(5-3-11)18-7-6-14/h2-5,10,12,15-17H,7-9H2,1H3. The number of nitriles is 1. The van der Waals surface area contributed by atoms with Crippen LogP contribution in [0.3, 0.4) is 0 Å². The predicted molar refractivity (Wildman–Crippen MR) is 67.1 cm³/mol. The van der Waals surface area contributed by atoms with Crippen molar-refractivity contribution in [3.05, 3.63) is 29.8 Å². The van der Waals surface area contributed by atoms with E-state index in [9.17, 15) is 0 Å². The molecule has 0 saturated heterocycles. The normalized spacial score (nSPS) is 12.2. The Morgan fingerprint density at radius 2 is 1.89 bits per heavy atom. The molecule has 1 atom stereocenters. The lowest BCUT2D eigenvalue weighted by Crippen LogP contribution is -2.37. The second-order valence-corrected chi connectivity index (χ2v) is 3.97. The largest absolute Gasteiger partial charge is 0.479 e. The molecule has 1 unspecified atom stereocenters. The van der Waals surface area contributed by atoms with Crippen LogP contribution >= 0.6 is 0 Å². The van der Waals surface area contributed by atoms with Crippen LogP contribution in [0.15, 0.2) is 24.3 Å². The van der Waals surface area contributed by atoms with Crippen LogP contribution in [0.2, 0.25) is 0 Å². The van der Waals surface area contributed by atoms with Gasteiger partial charge in [-0.3, -0.25) is 0 Å². The summed E-state index contributed by atoms with van der Waals surface area (Å²) >= 11 is 0. The van der Waals surface area contributed by atoms with E-state index in [0.29, 0.717) is 5.75 Å². The van der Waals surface area contributed by atoms with Crippen LogP contribution in [0.4, 0.5) is 0 Å². The van der Waals surface area contributed by atoms with Crippen molar-refractivity contribution >= 4 is 0 Å². The van der Waals surface area contributed by atoms with E-state index in [4.69, 9.17) is 20.2 Å². The van der Waals surface area contributed by atoms with E-state index < -0.39 is 0 Å². The minimum absolute atomic E-state index is 0.0133. The highest BCUT2D eigenvalue weighted by Crippen LogP contribution is 2.17. The molecule has 5 heteroatoms. The zero-order valence-electron chi connectivity index (χ0n) is 10.3. The lowest BCUT2D eigenvalue weighted by molar-refractivity contribution is 0.163. The average Bonchev–Trinajstić information content (AvgIpc) is 2.42. The number of aliphatic hydroxyl groups excluding tert-OH is 2. The van der Waals surface area contributed by atoms with Crippen LogP contribution in [0.1, 0.15) is 18.5 Å². The van der Waals surface area contributed by atoms with Crippen LogP contribution < -0.4 is 10.1 Å². The van der Waals surface area contributed by atoms with Crippen LogP contribution in [-0.2, 0) is 0 Å². The predicted octanol–water partition coefficient (Wildman–Crippen LogP) is 0.593. The molecule has 98 valence electrons. The summed E-state index contributed by atoms with van der Waals surface area (Å²) in [6.45, 7) is 1.77. The van der Waals surface area contributed by atoms with Crippen molar-refractivity contribution in [2.24, 2.45) is 0 Å². The fourth-order valence-electron chi connectivity index (χ4n) is 1.58. The molecule has 0 amide bonds. The summed E-state index contributed by atoms with van der Waals surface area (Å²) in [7, 11) is 0. The number of nitrogens with one attached hydrogen (secondary N) is 1. The first-order valence-corrected chi connectivity index (χ1v) is 5.78. The van der Waals surface area contributed by atoms with Gasteiger partial charge in [-0.15, -0.1) is 0 Å². The molecule has 0 spiro atoms. The van der Waals surface area contributed by atoms with Crippen molar-refractivity contribution in [1.82, 2.24) is 5.32 Å². The Hall–Kier alpha value is -1.61. The van der Waals surface area contributed by atoms with Gasteiger partial charge in [0.15, 0.2) is 6.61 Å². The second kappa shape index (κ2) is 7.67. The summed E-state index contributed by atoms with van der Waals surface area (Å²) in [4.78, 5) is 0. The zero-order chi connectivity index (χ0) is 13.4. The molecule has 0 fully saturated rings. The third-order valence-corrected chi connectivity index (χ3v) is 2.61. The van der Waals surface area contributed by atoms with E-state index in [1.54, 1.807) is 12.1 Å². The van der Waals surface area contributed by atoms with Crippen LogP contribution in [-0.4, -0.2) is 36.1 Å². The summed E-state index contributed by atoms with van der Waals surface area (Å²) in [5, 5.41) is 29.5. The van der Waals surface area contributed by atoms with Crippen molar-refractivity contribution < 1.29 is 14.9 Å². The molecule has 0 bridgehead atoms. The van der Waals surface area contributed by atoms with Gasteiger partial charge in [-0.2, -0.15) is 5.26 Å². The van der Waals surface area contributed by atoms with Crippen LogP contribution in [0.5, 0.6) is 5.75 Å². The van der Waals surface area contributed by atoms with E-state index in [1.165, 1.54) is 0 Å². The third-order valence-electron chi connectivity index (χ3n) is 2.61. The van der Waals surface area contributed by atoms with Gasteiger partial charge in [0.2, 0.25) is 0 Å². The number of rotatable bonds is 7. The Labute approximate surface area is 107 Å². The van der Waals surface area contributed by atoms with E-state index in [0.717, 1.165) is 5.56 Å². The van der Waals surface area contributed by atoms with Crippen molar-refractivity contribution in [2.45, 2.75) is 19.0 Å². The number of hydrogen-bond donors (Lipinski definition) is 3. The van der Waals surface area contributed by atoms with E-state index in [1.807, 2.05) is 25.1 Å². The first-order valence-electron chi connectivity index (χ1n) is 5.78. The van der Waals surface area contributed by atoms with Crippen LogP contribution in [0.25, 0.3) is 0 Å². The molecule has 0 radical (unpaired) electrons. The molecule has 0 aliphatic carbocycles. The Balaban J connectivity index is 2.58. The Morgan fingerprint density at radius 1 is 1.28 bits per heavy atom. The van der Waals surface area contributed by atoms with Gasteiger partial charge in [0, 0.05) is 6.04 Å². The van der Waals surface area contributed by atoms with E-state index in [-0.39, 0.29) is 31.9 Å². The van der Waals surface area contributed by atoms with Crippen molar-refractivity contribution in [1.29, 1.82) is 5.26 Å². The van der Waals surface area contributed by atoms with Gasteiger partial charge in [0.25, 0.3) is 0 Å². The maximum Gasteiger partial charge on any atom is 0.174 e. The molecule has 18 heavy (non-hydrogen) atoms. The minimum Gasteiger partial charge on any atom is -0.479 e. The van der Waals surface area contributed by atoms with Crippen LogP contribution in [0, 0.1) is 11.3 Å². The van der Waals surface area contributed by atoms with Gasteiger partial charge in [0.05, 0.1) is 19.3 Å². The number of aliphatic hydroxyl groups is 2. The third kappa shape index (κ3) is 4.34. The van der Waals surface area contributed by atoms with E-state index >= 15 is 0 Å². The van der Waals surface area contributed by atoms with E-state index in [2.05, 4.69) is 5.32 Å². The highest BCUT2D eigenvalue weighted by atomic mass is 16.5. The summed E-state index contributed by atoms with van der Waals surface area (Å²) in [6, 6.07) is 8.94. The average molecular weight is 250 g/mol. The van der Waals surface area contributed by atoms with Gasteiger partial charge in [-0.25, -0.2) is 0 Å². The number of ether oxygens (including phenoxy) is 1. The zero-order valence-corrected chi connectivity index (χ0v) is 10.3. The van der Waals surface area contributed by atoms with Crippen molar-refractivity contribution in [3.8, 4) is 11.8 Å². The number of hydrogen-bond acceptors (Lipinski definition) is 5. The van der Waals surface area contributed by atoms with Gasteiger partial charge < -0.3 is 20.3 Å². The number of nitrogens with zero attached hydrogens (tertiary/aromatic N) is 1. The summed E-state index contributed by atoms with van der Waals surface area (Å²) in [5.41, 5.74) is 1.02. The smallest absolute Gasteiger partial charge is 0.174 e. The molecular formula is C13H18N2O3. The highest BCUT2D eigenvalue weighted by Gasteiger charge is 2.11. The quantitative estimate of drug-likeness (QED) is 0.659. The molecule has 0 heterocycles. The topological polar surface area (TPSA) is 85.5 Å². The number of benzene rings is 1. The van der Waals surface area contributed by atoms with Gasteiger partial charge in [0.1, 0.15) is 11.8 Å². The van der Waals surface area contributed by atoms with Crippen molar-refractivity contribution in [2.75, 3.05) is 19.8 Å². The first kappa shape index (κ1) is 14.5. The van der Waals surface area contributed by atoms with Gasteiger partial charge >= 0.3 is 0 Å². The molecule has 0 aromatic heterocycles. The minimum atomic E-state index is -0.325.